The van der Waals surface area contributed by atoms with Gasteiger partial charge in [-0.3, -0.25) is 4.90 Å². The Kier molecular flexibility index (Phi) is 9.19. The Hall–Kier alpha value is -2.77. The number of unbranched alkanes of at least 4 members (excludes halogenated alkanes) is 1. The van der Waals surface area contributed by atoms with E-state index in [-0.39, 0.29) is 12.4 Å². The molecule has 0 atom stereocenters. The maximum atomic E-state index is 5.97. The summed E-state index contributed by atoms with van der Waals surface area (Å²) in [5, 5.41) is 4.15. The average Bonchev–Trinajstić information content (AvgIpc) is 3.32. The van der Waals surface area contributed by atoms with Gasteiger partial charge in [0.1, 0.15) is 24.2 Å². The first-order chi connectivity index (χ1) is 15.3. The van der Waals surface area contributed by atoms with Crippen molar-refractivity contribution in [3.05, 3.63) is 66.7 Å². The second-order valence-corrected chi connectivity index (χ2v) is 7.80. The molecule has 3 aromatic rings. The normalized spacial score (nSPS) is 14.1. The number of rotatable bonds is 10. The van der Waals surface area contributed by atoms with Gasteiger partial charge < -0.3 is 14.4 Å². The molecule has 1 aliphatic heterocycles. The number of benzene rings is 2. The molecule has 0 amide bonds. The largest absolute Gasteiger partial charge is 0.495 e. The van der Waals surface area contributed by atoms with Crippen LogP contribution in [0, 0.1) is 0 Å². The van der Waals surface area contributed by atoms with E-state index < -0.39 is 0 Å². The standard InChI is InChI=1S/C24H31N5O2.ClH/c1-30-24-10-3-2-9-23(24)28-14-12-27(13-15-28)11-4-5-16-31-22-8-6-7-21(17-22)18-29-20-25-19-26-29;/h2-3,6-10,17,19-20H,4-5,11-16,18H2,1H3;1H. The number of halogens is 1. The molecular formula is C24H32ClN5O2. The molecule has 1 aromatic heterocycles. The van der Waals surface area contributed by atoms with Crippen molar-refractivity contribution in [3.8, 4) is 11.5 Å². The number of aromatic nitrogens is 3. The van der Waals surface area contributed by atoms with Crippen LogP contribution in [-0.2, 0) is 6.54 Å². The fourth-order valence-electron chi connectivity index (χ4n) is 3.97. The summed E-state index contributed by atoms with van der Waals surface area (Å²) in [4.78, 5) is 8.95. The lowest BCUT2D eigenvalue weighted by atomic mass is 10.2. The van der Waals surface area contributed by atoms with Crippen molar-refractivity contribution in [3.63, 3.8) is 0 Å². The highest BCUT2D eigenvalue weighted by molar-refractivity contribution is 5.85. The van der Waals surface area contributed by atoms with E-state index in [4.69, 9.17) is 9.47 Å². The number of anilines is 1. The van der Waals surface area contributed by atoms with Gasteiger partial charge in [-0.1, -0.05) is 24.3 Å². The molecule has 1 aliphatic rings. The van der Waals surface area contributed by atoms with Crippen molar-refractivity contribution in [2.45, 2.75) is 19.4 Å². The fourth-order valence-corrected chi connectivity index (χ4v) is 3.97. The first-order valence-electron chi connectivity index (χ1n) is 11.0. The number of para-hydroxylation sites is 2. The van der Waals surface area contributed by atoms with Crippen LogP contribution in [0.4, 0.5) is 5.69 Å². The van der Waals surface area contributed by atoms with Gasteiger partial charge in [0.2, 0.25) is 0 Å². The van der Waals surface area contributed by atoms with Crippen LogP contribution >= 0.6 is 12.4 Å². The molecular weight excluding hydrogens is 426 g/mol. The van der Waals surface area contributed by atoms with Crippen LogP contribution in [0.3, 0.4) is 0 Å². The number of hydrogen-bond acceptors (Lipinski definition) is 6. The van der Waals surface area contributed by atoms with Crippen LogP contribution in [-0.4, -0.2) is 66.1 Å². The molecule has 172 valence electrons. The third-order valence-electron chi connectivity index (χ3n) is 5.65. The number of nitrogens with zero attached hydrogens (tertiary/aromatic N) is 5. The van der Waals surface area contributed by atoms with Crippen LogP contribution in [0.15, 0.2) is 61.2 Å². The minimum Gasteiger partial charge on any atom is -0.495 e. The minimum absolute atomic E-state index is 0. The Morgan fingerprint density at radius 2 is 1.81 bits per heavy atom. The number of ether oxygens (including phenoxy) is 2. The number of piperazine rings is 1. The van der Waals surface area contributed by atoms with E-state index in [1.807, 2.05) is 28.9 Å². The molecule has 0 bridgehead atoms. The lowest BCUT2D eigenvalue weighted by molar-refractivity contribution is 0.238. The van der Waals surface area contributed by atoms with Crippen molar-refractivity contribution >= 4 is 18.1 Å². The van der Waals surface area contributed by atoms with E-state index in [0.717, 1.165) is 69.2 Å². The highest BCUT2D eigenvalue weighted by Crippen LogP contribution is 2.28. The summed E-state index contributed by atoms with van der Waals surface area (Å²) in [7, 11) is 1.74. The van der Waals surface area contributed by atoms with Crippen molar-refractivity contribution in [1.29, 1.82) is 0 Å². The predicted octanol–water partition coefficient (Wildman–Crippen LogP) is 3.74. The molecule has 2 aromatic carbocycles. The van der Waals surface area contributed by atoms with Crippen LogP contribution in [0.2, 0.25) is 0 Å². The third-order valence-corrected chi connectivity index (χ3v) is 5.65. The highest BCUT2D eigenvalue weighted by Gasteiger charge is 2.19. The zero-order valence-corrected chi connectivity index (χ0v) is 19.4. The predicted molar refractivity (Wildman–Crippen MR) is 129 cm³/mol. The van der Waals surface area contributed by atoms with Gasteiger partial charge in [0.05, 0.1) is 25.9 Å². The molecule has 0 unspecified atom stereocenters. The second kappa shape index (κ2) is 12.3. The first-order valence-corrected chi connectivity index (χ1v) is 11.0. The van der Waals surface area contributed by atoms with Gasteiger partial charge in [0.25, 0.3) is 0 Å². The Balaban J connectivity index is 0.00000289. The Labute approximate surface area is 196 Å². The van der Waals surface area contributed by atoms with Crippen molar-refractivity contribution in [2.24, 2.45) is 0 Å². The molecule has 4 rings (SSSR count). The summed E-state index contributed by atoms with van der Waals surface area (Å²) in [6, 6.07) is 16.5. The molecule has 7 nitrogen and oxygen atoms in total. The maximum absolute atomic E-state index is 5.97. The molecule has 1 fully saturated rings. The van der Waals surface area contributed by atoms with Crippen LogP contribution < -0.4 is 14.4 Å². The lowest BCUT2D eigenvalue weighted by Gasteiger charge is -2.36. The smallest absolute Gasteiger partial charge is 0.142 e. The van der Waals surface area contributed by atoms with Gasteiger partial charge in [0.15, 0.2) is 0 Å². The molecule has 0 saturated carbocycles. The van der Waals surface area contributed by atoms with E-state index in [1.54, 1.807) is 19.8 Å². The molecule has 32 heavy (non-hydrogen) atoms. The summed E-state index contributed by atoms with van der Waals surface area (Å²) in [5.74, 6) is 1.88. The summed E-state index contributed by atoms with van der Waals surface area (Å²) < 4.78 is 13.3. The average molecular weight is 458 g/mol. The second-order valence-electron chi connectivity index (χ2n) is 7.80. The van der Waals surface area contributed by atoms with Gasteiger partial charge in [-0.15, -0.1) is 12.4 Å². The first kappa shape index (κ1) is 23.9. The zero-order valence-electron chi connectivity index (χ0n) is 18.6. The van der Waals surface area contributed by atoms with Crippen molar-refractivity contribution in [1.82, 2.24) is 19.7 Å². The van der Waals surface area contributed by atoms with Gasteiger partial charge in [-0.2, -0.15) is 5.10 Å². The molecule has 0 N–H and O–H groups in total. The monoisotopic (exact) mass is 457 g/mol. The van der Waals surface area contributed by atoms with E-state index in [1.165, 1.54) is 5.69 Å². The van der Waals surface area contributed by atoms with Gasteiger partial charge in [-0.05, 0) is 49.2 Å². The maximum Gasteiger partial charge on any atom is 0.142 e. The molecule has 8 heteroatoms. The lowest BCUT2D eigenvalue weighted by Crippen LogP contribution is -2.46. The molecule has 2 heterocycles. The quantitative estimate of drug-likeness (QED) is 0.432. The Bertz CT molecular complexity index is 930. The topological polar surface area (TPSA) is 55.7 Å². The molecule has 1 saturated heterocycles. The minimum atomic E-state index is 0. The molecule has 0 spiro atoms. The molecule has 0 radical (unpaired) electrons. The number of methoxy groups -OCH3 is 1. The summed E-state index contributed by atoms with van der Waals surface area (Å²) in [6.45, 7) is 6.82. The summed E-state index contributed by atoms with van der Waals surface area (Å²) in [6.07, 6.45) is 5.48. The van der Waals surface area contributed by atoms with E-state index in [2.05, 4.69) is 44.1 Å². The Morgan fingerprint density at radius 1 is 0.969 bits per heavy atom. The van der Waals surface area contributed by atoms with Gasteiger partial charge >= 0.3 is 0 Å². The third kappa shape index (κ3) is 6.61. The van der Waals surface area contributed by atoms with Gasteiger partial charge in [-0.25, -0.2) is 9.67 Å². The summed E-state index contributed by atoms with van der Waals surface area (Å²) >= 11 is 0. The Morgan fingerprint density at radius 3 is 2.59 bits per heavy atom. The van der Waals surface area contributed by atoms with Crippen molar-refractivity contribution < 1.29 is 9.47 Å². The molecule has 0 aliphatic carbocycles. The highest BCUT2D eigenvalue weighted by atomic mass is 35.5. The van der Waals surface area contributed by atoms with Crippen LogP contribution in [0.5, 0.6) is 11.5 Å². The van der Waals surface area contributed by atoms with E-state index in [9.17, 15) is 0 Å². The van der Waals surface area contributed by atoms with E-state index >= 15 is 0 Å². The van der Waals surface area contributed by atoms with Gasteiger partial charge in [0, 0.05) is 26.2 Å². The van der Waals surface area contributed by atoms with Crippen molar-refractivity contribution in [2.75, 3.05) is 51.3 Å². The SMILES string of the molecule is COc1ccccc1N1CCN(CCCCOc2cccc(Cn3cncn3)c2)CC1.Cl. The zero-order chi connectivity index (χ0) is 21.3. The van der Waals surface area contributed by atoms with E-state index in [0.29, 0.717) is 6.54 Å². The summed E-state index contributed by atoms with van der Waals surface area (Å²) in [5.41, 5.74) is 2.36. The number of hydrogen-bond donors (Lipinski definition) is 0. The van der Waals surface area contributed by atoms with Crippen LogP contribution in [0.25, 0.3) is 0 Å². The van der Waals surface area contributed by atoms with Crippen LogP contribution in [0.1, 0.15) is 18.4 Å². The fraction of sp³-hybridized carbons (Fsp3) is 0.417.